The molecular weight excluding hydrogens is 450 g/mol. The van der Waals surface area contributed by atoms with Crippen LogP contribution in [0.15, 0.2) is 64.6 Å². The van der Waals surface area contributed by atoms with Gasteiger partial charge in [0.2, 0.25) is 0 Å². The number of thiophene rings is 1. The number of carbonyl (C=O) groups is 1. The number of aryl methyl sites for hydroxylation is 1. The van der Waals surface area contributed by atoms with Crippen molar-refractivity contribution in [3.05, 3.63) is 80.7 Å². The summed E-state index contributed by atoms with van der Waals surface area (Å²) in [5.74, 6) is 0.723. The quantitative estimate of drug-likeness (QED) is 0.394. The number of rotatable bonds is 7. The zero-order chi connectivity index (χ0) is 20.2. The van der Waals surface area contributed by atoms with Crippen LogP contribution in [0, 0.1) is 0 Å². The van der Waals surface area contributed by atoms with E-state index in [1.54, 1.807) is 6.20 Å². The Morgan fingerprint density at radius 1 is 1.21 bits per heavy atom. The molecule has 0 saturated heterocycles. The first-order chi connectivity index (χ1) is 14.1. The lowest BCUT2D eigenvalue weighted by atomic mass is 10.1. The normalized spacial score (nSPS) is 11.0. The molecule has 7 heteroatoms. The van der Waals surface area contributed by atoms with Crippen molar-refractivity contribution in [2.45, 2.75) is 26.6 Å². The maximum absolute atomic E-state index is 12.5. The first-order valence-electron chi connectivity index (χ1n) is 9.31. The molecule has 5 nitrogen and oxygen atoms in total. The number of nitrogens with one attached hydrogen (secondary N) is 1. The molecule has 0 spiro atoms. The van der Waals surface area contributed by atoms with E-state index in [2.05, 4.69) is 44.5 Å². The van der Waals surface area contributed by atoms with E-state index in [1.165, 1.54) is 16.7 Å². The third kappa shape index (κ3) is 4.52. The number of benzene rings is 2. The second-order valence-electron chi connectivity index (χ2n) is 6.55. The molecule has 4 rings (SSSR count). The number of hydrogen-bond acceptors (Lipinski definition) is 4. The van der Waals surface area contributed by atoms with E-state index in [4.69, 9.17) is 4.74 Å². The third-order valence-electron chi connectivity index (χ3n) is 4.62. The predicted octanol–water partition coefficient (Wildman–Crippen LogP) is 5.39. The van der Waals surface area contributed by atoms with Gasteiger partial charge in [-0.3, -0.25) is 9.48 Å². The molecule has 0 bridgehead atoms. The van der Waals surface area contributed by atoms with Crippen molar-refractivity contribution in [2.24, 2.45) is 0 Å². The first-order valence-corrected chi connectivity index (χ1v) is 11.0. The molecule has 0 unspecified atom stereocenters. The Hall–Kier alpha value is -2.64. The van der Waals surface area contributed by atoms with Crippen LogP contribution in [0.2, 0.25) is 0 Å². The molecule has 0 aliphatic carbocycles. The monoisotopic (exact) mass is 469 g/mol. The zero-order valence-corrected chi connectivity index (χ0v) is 18.3. The molecule has 0 atom stereocenters. The lowest BCUT2D eigenvalue weighted by Crippen LogP contribution is -2.23. The topological polar surface area (TPSA) is 56.2 Å². The van der Waals surface area contributed by atoms with Gasteiger partial charge >= 0.3 is 0 Å². The number of fused-ring (bicyclic) bond motifs is 1. The van der Waals surface area contributed by atoms with Gasteiger partial charge in [-0.1, -0.05) is 30.3 Å². The Bertz CT molecular complexity index is 1150. The molecule has 2 heterocycles. The van der Waals surface area contributed by atoms with Crippen LogP contribution in [-0.2, 0) is 19.7 Å². The van der Waals surface area contributed by atoms with Crippen LogP contribution in [0.4, 0.5) is 0 Å². The molecule has 1 N–H and O–H groups in total. The Morgan fingerprint density at radius 2 is 2.03 bits per heavy atom. The van der Waals surface area contributed by atoms with Gasteiger partial charge in [0.05, 0.1) is 27.8 Å². The average molecular weight is 470 g/mol. The molecule has 4 aromatic rings. The van der Waals surface area contributed by atoms with Crippen molar-refractivity contribution in [2.75, 3.05) is 0 Å². The minimum absolute atomic E-state index is 0.0947. The van der Waals surface area contributed by atoms with E-state index in [9.17, 15) is 4.79 Å². The lowest BCUT2D eigenvalue weighted by Gasteiger charge is -2.07. The molecule has 2 aromatic heterocycles. The van der Waals surface area contributed by atoms with Gasteiger partial charge < -0.3 is 10.1 Å². The summed E-state index contributed by atoms with van der Waals surface area (Å²) in [7, 11) is 0. The number of nitrogens with zero attached hydrogens (tertiary/aromatic N) is 2. The average Bonchev–Trinajstić information content (AvgIpc) is 3.37. The fourth-order valence-electron chi connectivity index (χ4n) is 3.08. The number of amides is 1. The van der Waals surface area contributed by atoms with Gasteiger partial charge in [-0.05, 0) is 57.2 Å². The summed E-state index contributed by atoms with van der Waals surface area (Å²) < 4.78 is 8.68. The molecule has 1 amide bonds. The molecule has 0 aliphatic rings. The van der Waals surface area contributed by atoms with E-state index in [0.29, 0.717) is 18.0 Å². The van der Waals surface area contributed by atoms with Crippen molar-refractivity contribution in [1.82, 2.24) is 15.1 Å². The van der Waals surface area contributed by atoms with Crippen molar-refractivity contribution in [1.29, 1.82) is 0 Å². The number of hydrogen-bond donors (Lipinski definition) is 1. The summed E-state index contributed by atoms with van der Waals surface area (Å²) in [6.07, 6.45) is 1.75. The van der Waals surface area contributed by atoms with E-state index in [-0.39, 0.29) is 5.91 Å². The van der Waals surface area contributed by atoms with Crippen LogP contribution >= 0.6 is 27.3 Å². The SMILES string of the molecule is CCn1ncc(Br)c1CNC(=O)c1cc(COc2ccc3ccccc3c2)cs1. The van der Waals surface area contributed by atoms with Gasteiger partial charge in [0.1, 0.15) is 12.4 Å². The van der Waals surface area contributed by atoms with Crippen LogP contribution in [0.3, 0.4) is 0 Å². The lowest BCUT2D eigenvalue weighted by molar-refractivity contribution is 0.0954. The van der Waals surface area contributed by atoms with Crippen molar-refractivity contribution in [3.63, 3.8) is 0 Å². The maximum Gasteiger partial charge on any atom is 0.261 e. The molecule has 29 heavy (non-hydrogen) atoms. The van der Waals surface area contributed by atoms with Crippen molar-refractivity contribution >= 4 is 43.9 Å². The van der Waals surface area contributed by atoms with Crippen molar-refractivity contribution in [3.8, 4) is 5.75 Å². The second kappa shape index (κ2) is 8.80. The molecule has 148 valence electrons. The van der Waals surface area contributed by atoms with Crippen LogP contribution in [-0.4, -0.2) is 15.7 Å². The molecule has 0 saturated carbocycles. The first kappa shape index (κ1) is 19.7. The summed E-state index contributed by atoms with van der Waals surface area (Å²) in [5.41, 5.74) is 1.94. The van der Waals surface area contributed by atoms with Gasteiger partial charge in [-0.2, -0.15) is 5.10 Å². The summed E-state index contributed by atoms with van der Waals surface area (Å²) in [6.45, 7) is 3.63. The standard InChI is InChI=1S/C22H20BrN3O2S/c1-2-26-20(19(23)11-25-26)12-24-22(27)21-9-15(14-29-21)13-28-18-8-7-16-5-3-4-6-17(16)10-18/h3-11,14H,2,12-13H2,1H3,(H,24,27). The maximum atomic E-state index is 12.5. The van der Waals surface area contributed by atoms with Gasteiger partial charge in [-0.15, -0.1) is 11.3 Å². The highest BCUT2D eigenvalue weighted by molar-refractivity contribution is 9.10. The van der Waals surface area contributed by atoms with E-state index >= 15 is 0 Å². The van der Waals surface area contributed by atoms with Gasteiger partial charge in [0, 0.05) is 12.1 Å². The van der Waals surface area contributed by atoms with Gasteiger partial charge in [0.15, 0.2) is 0 Å². The van der Waals surface area contributed by atoms with Crippen LogP contribution in [0.5, 0.6) is 5.75 Å². The predicted molar refractivity (Wildman–Crippen MR) is 119 cm³/mol. The molecule has 2 aromatic carbocycles. The minimum Gasteiger partial charge on any atom is -0.489 e. The van der Waals surface area contributed by atoms with Gasteiger partial charge in [0.25, 0.3) is 5.91 Å². The fourth-order valence-corrected chi connectivity index (χ4v) is 4.33. The van der Waals surface area contributed by atoms with E-state index in [0.717, 1.165) is 33.4 Å². The summed E-state index contributed by atoms with van der Waals surface area (Å²) in [6, 6.07) is 16.1. The zero-order valence-electron chi connectivity index (χ0n) is 15.9. The summed E-state index contributed by atoms with van der Waals surface area (Å²) in [5, 5.41) is 11.5. The molecule has 0 fully saturated rings. The summed E-state index contributed by atoms with van der Waals surface area (Å²) >= 11 is 4.90. The second-order valence-corrected chi connectivity index (χ2v) is 8.32. The molecule has 0 radical (unpaired) electrons. The molecular formula is C22H20BrN3O2S. The van der Waals surface area contributed by atoms with Crippen LogP contribution < -0.4 is 10.1 Å². The minimum atomic E-state index is -0.0947. The van der Waals surface area contributed by atoms with Gasteiger partial charge in [-0.25, -0.2) is 0 Å². The smallest absolute Gasteiger partial charge is 0.261 e. The van der Waals surface area contributed by atoms with Crippen LogP contribution in [0.25, 0.3) is 10.8 Å². The van der Waals surface area contributed by atoms with E-state index < -0.39 is 0 Å². The number of aromatic nitrogens is 2. The number of ether oxygens (including phenoxy) is 1. The van der Waals surface area contributed by atoms with E-state index in [1.807, 2.05) is 47.3 Å². The Labute approximate surface area is 181 Å². The Kier molecular flexibility index (Phi) is 5.97. The van der Waals surface area contributed by atoms with Crippen molar-refractivity contribution < 1.29 is 9.53 Å². The summed E-state index contributed by atoms with van der Waals surface area (Å²) in [4.78, 5) is 13.2. The Morgan fingerprint density at radius 3 is 2.86 bits per heavy atom. The largest absolute Gasteiger partial charge is 0.489 e. The highest BCUT2D eigenvalue weighted by Gasteiger charge is 2.13. The Balaban J connectivity index is 1.36. The highest BCUT2D eigenvalue weighted by atomic mass is 79.9. The highest BCUT2D eigenvalue weighted by Crippen LogP contribution is 2.23. The third-order valence-corrected chi connectivity index (χ3v) is 6.26. The number of carbonyl (C=O) groups excluding carboxylic acids is 1. The number of halogens is 1. The fraction of sp³-hybridized carbons (Fsp3) is 0.182. The van der Waals surface area contributed by atoms with Crippen LogP contribution in [0.1, 0.15) is 27.9 Å². The molecule has 0 aliphatic heterocycles.